The van der Waals surface area contributed by atoms with Crippen LogP contribution in [0, 0.1) is 5.92 Å². The summed E-state index contributed by atoms with van der Waals surface area (Å²) < 4.78 is 6.27. The molecule has 1 saturated carbocycles. The monoisotopic (exact) mass is 371 g/mol. The van der Waals surface area contributed by atoms with Gasteiger partial charge < -0.3 is 10.1 Å². The lowest BCUT2D eigenvalue weighted by atomic mass is 9.91. The molecule has 0 spiro atoms. The molecular weight excluding hydrogens is 346 g/mol. The number of benzene rings is 1. The van der Waals surface area contributed by atoms with E-state index in [-0.39, 0.29) is 0 Å². The van der Waals surface area contributed by atoms with E-state index in [4.69, 9.17) is 4.74 Å². The zero-order chi connectivity index (χ0) is 15.1. The Kier molecular flexibility index (Phi) is 7.58. The lowest BCUT2D eigenvalue weighted by Crippen LogP contribution is -2.18. The number of rotatable bonds is 7. The van der Waals surface area contributed by atoms with E-state index < -0.39 is 0 Å². The smallest absolute Gasteiger partial charge is 0.0587 e. The van der Waals surface area contributed by atoms with E-state index in [0.29, 0.717) is 0 Å². The van der Waals surface area contributed by atoms with Crippen LogP contribution in [0.25, 0.3) is 0 Å². The van der Waals surface area contributed by atoms with Gasteiger partial charge in [0.05, 0.1) is 6.61 Å². The molecule has 1 aromatic carbocycles. The molecule has 1 aliphatic rings. The summed E-state index contributed by atoms with van der Waals surface area (Å²) in [6, 6.07) is 6.74. The molecule has 1 N–H and O–H groups in total. The average molecular weight is 372 g/mol. The molecule has 21 heavy (non-hydrogen) atoms. The maximum Gasteiger partial charge on any atom is 0.0587 e. The van der Waals surface area contributed by atoms with Crippen molar-refractivity contribution in [2.75, 3.05) is 20.3 Å². The Balaban J connectivity index is 1.86. The minimum Gasteiger partial charge on any atom is -0.383 e. The lowest BCUT2D eigenvalue weighted by molar-refractivity contribution is 0.199. The standard InChI is InChI=1S/C17H26BrNOS/c1-13-4-3-5-15(10-13)21-17-7-6-14(11-16(17)18)12-19-8-9-20-2/h6-7,11,13,15,19H,3-5,8-10,12H2,1-2H3. The summed E-state index contributed by atoms with van der Waals surface area (Å²) in [4.78, 5) is 1.38. The molecule has 1 aliphatic carbocycles. The van der Waals surface area contributed by atoms with Crippen LogP contribution in [0.15, 0.2) is 27.6 Å². The van der Waals surface area contributed by atoms with E-state index in [2.05, 4.69) is 46.4 Å². The predicted molar refractivity (Wildman–Crippen MR) is 95.0 cm³/mol. The van der Waals surface area contributed by atoms with Gasteiger partial charge in [0, 0.05) is 34.8 Å². The second kappa shape index (κ2) is 9.19. The SMILES string of the molecule is COCCNCc1ccc(SC2CCCC(C)C2)c(Br)c1. The van der Waals surface area contributed by atoms with Gasteiger partial charge in [0.15, 0.2) is 0 Å². The van der Waals surface area contributed by atoms with Crippen LogP contribution >= 0.6 is 27.7 Å². The third-order valence-corrected chi connectivity index (χ3v) is 6.28. The molecule has 0 aromatic heterocycles. The van der Waals surface area contributed by atoms with Gasteiger partial charge in [-0.1, -0.05) is 25.8 Å². The van der Waals surface area contributed by atoms with Crippen LogP contribution in [0.4, 0.5) is 0 Å². The number of halogens is 1. The van der Waals surface area contributed by atoms with Gasteiger partial charge in [-0.15, -0.1) is 11.8 Å². The summed E-state index contributed by atoms with van der Waals surface area (Å²) in [6.07, 6.45) is 5.52. The highest BCUT2D eigenvalue weighted by Gasteiger charge is 2.20. The molecule has 0 amide bonds. The summed E-state index contributed by atoms with van der Waals surface area (Å²) in [7, 11) is 1.73. The molecule has 0 saturated heterocycles. The van der Waals surface area contributed by atoms with Gasteiger partial charge in [-0.05, 0) is 52.4 Å². The van der Waals surface area contributed by atoms with Gasteiger partial charge in [-0.25, -0.2) is 0 Å². The Bertz CT molecular complexity index is 441. The fraction of sp³-hybridized carbons (Fsp3) is 0.647. The molecule has 2 rings (SSSR count). The van der Waals surface area contributed by atoms with Gasteiger partial charge in [-0.3, -0.25) is 0 Å². The molecule has 118 valence electrons. The molecule has 2 nitrogen and oxygen atoms in total. The van der Waals surface area contributed by atoms with Gasteiger partial charge in [0.1, 0.15) is 0 Å². The fourth-order valence-electron chi connectivity index (χ4n) is 2.82. The van der Waals surface area contributed by atoms with Crippen LogP contribution in [-0.2, 0) is 11.3 Å². The van der Waals surface area contributed by atoms with Gasteiger partial charge in [0.2, 0.25) is 0 Å². The molecular formula is C17H26BrNOS. The Morgan fingerprint density at radius 3 is 2.95 bits per heavy atom. The van der Waals surface area contributed by atoms with Crippen molar-refractivity contribution in [3.63, 3.8) is 0 Å². The van der Waals surface area contributed by atoms with Crippen LogP contribution < -0.4 is 5.32 Å². The highest BCUT2D eigenvalue weighted by atomic mass is 79.9. The molecule has 2 unspecified atom stereocenters. The number of methoxy groups -OCH3 is 1. The maximum atomic E-state index is 5.04. The van der Waals surface area contributed by atoms with Crippen LogP contribution in [0.1, 0.15) is 38.2 Å². The van der Waals surface area contributed by atoms with E-state index in [0.717, 1.165) is 30.9 Å². The van der Waals surface area contributed by atoms with Crippen molar-refractivity contribution >= 4 is 27.7 Å². The first kappa shape index (κ1) is 17.3. The van der Waals surface area contributed by atoms with Gasteiger partial charge in [-0.2, -0.15) is 0 Å². The van der Waals surface area contributed by atoms with Crippen molar-refractivity contribution in [1.29, 1.82) is 0 Å². The van der Waals surface area contributed by atoms with E-state index in [1.54, 1.807) is 7.11 Å². The maximum absolute atomic E-state index is 5.04. The number of hydrogen-bond acceptors (Lipinski definition) is 3. The molecule has 1 aromatic rings. The average Bonchev–Trinajstić information content (AvgIpc) is 2.46. The predicted octanol–water partition coefficient (Wildman–Crippen LogP) is 4.86. The summed E-state index contributed by atoms with van der Waals surface area (Å²) in [5.74, 6) is 0.888. The molecule has 0 radical (unpaired) electrons. The fourth-order valence-corrected chi connectivity index (χ4v) is 4.91. The minimum atomic E-state index is 0.759. The highest BCUT2D eigenvalue weighted by Crippen LogP contribution is 2.39. The van der Waals surface area contributed by atoms with Crippen molar-refractivity contribution < 1.29 is 4.74 Å². The minimum absolute atomic E-state index is 0.759. The Morgan fingerprint density at radius 1 is 1.38 bits per heavy atom. The quantitative estimate of drug-likeness (QED) is 0.691. The number of hydrogen-bond donors (Lipinski definition) is 1. The van der Waals surface area contributed by atoms with Crippen molar-refractivity contribution in [2.24, 2.45) is 5.92 Å². The highest BCUT2D eigenvalue weighted by molar-refractivity contribution is 9.10. The number of ether oxygens (including phenoxy) is 1. The van der Waals surface area contributed by atoms with Gasteiger partial charge in [0.25, 0.3) is 0 Å². The van der Waals surface area contributed by atoms with Crippen LogP contribution in [-0.4, -0.2) is 25.5 Å². The Labute approximate surface area is 141 Å². The zero-order valence-electron chi connectivity index (χ0n) is 13.0. The Hall–Kier alpha value is -0.0300. The summed E-state index contributed by atoms with van der Waals surface area (Å²) in [6.45, 7) is 4.93. The molecule has 1 fully saturated rings. The summed E-state index contributed by atoms with van der Waals surface area (Å²) >= 11 is 5.79. The first-order valence-corrected chi connectivity index (χ1v) is 9.51. The van der Waals surface area contributed by atoms with Crippen molar-refractivity contribution in [3.8, 4) is 0 Å². The van der Waals surface area contributed by atoms with Crippen LogP contribution in [0.2, 0.25) is 0 Å². The van der Waals surface area contributed by atoms with Crippen LogP contribution in [0.3, 0.4) is 0 Å². The molecule has 0 aliphatic heterocycles. The molecule has 0 bridgehead atoms. The first-order chi connectivity index (χ1) is 10.2. The van der Waals surface area contributed by atoms with Crippen molar-refractivity contribution in [2.45, 2.75) is 49.3 Å². The Morgan fingerprint density at radius 2 is 2.24 bits per heavy atom. The summed E-state index contributed by atoms with van der Waals surface area (Å²) in [5, 5.41) is 4.17. The second-order valence-corrected chi connectivity index (χ2v) is 8.14. The van der Waals surface area contributed by atoms with Crippen molar-refractivity contribution in [3.05, 3.63) is 28.2 Å². The van der Waals surface area contributed by atoms with Gasteiger partial charge >= 0.3 is 0 Å². The topological polar surface area (TPSA) is 21.3 Å². The van der Waals surface area contributed by atoms with E-state index >= 15 is 0 Å². The molecule has 4 heteroatoms. The van der Waals surface area contributed by atoms with E-state index in [1.165, 1.54) is 40.6 Å². The summed E-state index contributed by atoms with van der Waals surface area (Å²) in [5.41, 5.74) is 1.32. The largest absolute Gasteiger partial charge is 0.383 e. The molecule has 0 heterocycles. The van der Waals surface area contributed by atoms with Crippen molar-refractivity contribution in [1.82, 2.24) is 5.32 Å². The van der Waals surface area contributed by atoms with Crippen LogP contribution in [0.5, 0.6) is 0 Å². The lowest BCUT2D eigenvalue weighted by Gasteiger charge is -2.26. The normalized spacial score (nSPS) is 22.4. The zero-order valence-corrected chi connectivity index (χ0v) is 15.4. The number of nitrogens with one attached hydrogen (secondary N) is 1. The third kappa shape index (κ3) is 5.93. The third-order valence-electron chi connectivity index (χ3n) is 3.99. The molecule has 2 atom stereocenters. The first-order valence-electron chi connectivity index (χ1n) is 7.83. The number of thioether (sulfide) groups is 1. The second-order valence-electron chi connectivity index (χ2n) is 5.95. The van der Waals surface area contributed by atoms with E-state index in [9.17, 15) is 0 Å². The van der Waals surface area contributed by atoms with E-state index in [1.807, 2.05) is 11.8 Å².